The fraction of sp³-hybridized carbons (Fsp3) is 0.0833. The smallest absolute Gasteiger partial charge is 0.298 e. The number of rotatable bonds is 2. The standard InChI is InChI=1S/C12H6F3N5OS/c13-12(14,15)9-1-8-7(4-18-9)19-11(22-8)20-10(21)6-2-16-5-17-3-6/h1-5H,(H,19,20,21). The van der Waals surface area contributed by atoms with Crippen LogP contribution in [0.5, 0.6) is 0 Å². The first kappa shape index (κ1) is 14.3. The molecule has 0 fully saturated rings. The average molecular weight is 325 g/mol. The summed E-state index contributed by atoms with van der Waals surface area (Å²) in [6, 6.07) is 0.897. The molecular formula is C12H6F3N5OS. The van der Waals surface area contributed by atoms with E-state index in [-0.39, 0.29) is 20.9 Å². The number of carbonyl (C=O) groups excluding carboxylic acids is 1. The molecular weight excluding hydrogens is 319 g/mol. The van der Waals surface area contributed by atoms with Crippen LogP contribution in [0, 0.1) is 0 Å². The minimum Gasteiger partial charge on any atom is -0.298 e. The third kappa shape index (κ3) is 2.86. The van der Waals surface area contributed by atoms with Gasteiger partial charge in [0.2, 0.25) is 0 Å². The van der Waals surface area contributed by atoms with Crippen LogP contribution < -0.4 is 5.32 Å². The summed E-state index contributed by atoms with van der Waals surface area (Å²) < 4.78 is 38.1. The summed E-state index contributed by atoms with van der Waals surface area (Å²) in [6.07, 6.45) is 0.412. The maximum absolute atomic E-state index is 12.6. The number of alkyl halides is 3. The predicted molar refractivity (Wildman–Crippen MR) is 72.4 cm³/mol. The van der Waals surface area contributed by atoms with Gasteiger partial charge in [0, 0.05) is 12.4 Å². The Labute approximate surface area is 125 Å². The Balaban J connectivity index is 1.88. The molecule has 112 valence electrons. The number of amides is 1. The Morgan fingerprint density at radius 2 is 1.91 bits per heavy atom. The number of nitrogens with zero attached hydrogens (tertiary/aromatic N) is 4. The van der Waals surface area contributed by atoms with Crippen LogP contribution in [-0.2, 0) is 6.18 Å². The molecule has 0 aromatic carbocycles. The van der Waals surface area contributed by atoms with Crippen molar-refractivity contribution in [2.24, 2.45) is 0 Å². The average Bonchev–Trinajstić information content (AvgIpc) is 2.88. The predicted octanol–water partition coefficient (Wildman–Crippen LogP) is 2.75. The summed E-state index contributed by atoms with van der Waals surface area (Å²) >= 11 is 0.927. The first-order valence-electron chi connectivity index (χ1n) is 5.83. The molecule has 0 radical (unpaired) electrons. The lowest BCUT2D eigenvalue weighted by atomic mass is 10.3. The molecule has 3 heterocycles. The first-order chi connectivity index (χ1) is 10.4. The lowest BCUT2D eigenvalue weighted by Gasteiger charge is -2.03. The van der Waals surface area contributed by atoms with Gasteiger partial charge in [-0.15, -0.1) is 0 Å². The molecule has 0 saturated heterocycles. The van der Waals surface area contributed by atoms with Gasteiger partial charge in [-0.25, -0.2) is 19.9 Å². The first-order valence-corrected chi connectivity index (χ1v) is 6.65. The molecule has 22 heavy (non-hydrogen) atoms. The highest BCUT2D eigenvalue weighted by Gasteiger charge is 2.32. The molecule has 0 bridgehead atoms. The van der Waals surface area contributed by atoms with Crippen molar-refractivity contribution in [1.82, 2.24) is 19.9 Å². The quantitative estimate of drug-likeness (QED) is 0.783. The van der Waals surface area contributed by atoms with Gasteiger partial charge >= 0.3 is 6.18 Å². The Morgan fingerprint density at radius 3 is 2.59 bits per heavy atom. The molecule has 0 aliphatic heterocycles. The fourth-order valence-corrected chi connectivity index (χ4v) is 2.50. The number of aromatic nitrogens is 4. The van der Waals surface area contributed by atoms with E-state index in [0.29, 0.717) is 0 Å². The van der Waals surface area contributed by atoms with Crippen molar-refractivity contribution in [2.45, 2.75) is 6.18 Å². The van der Waals surface area contributed by atoms with Crippen LogP contribution >= 0.6 is 11.3 Å². The van der Waals surface area contributed by atoms with Crippen LogP contribution in [0.2, 0.25) is 0 Å². The van der Waals surface area contributed by atoms with Crippen molar-refractivity contribution in [3.63, 3.8) is 0 Å². The van der Waals surface area contributed by atoms with E-state index in [0.717, 1.165) is 23.6 Å². The number of carbonyl (C=O) groups is 1. The van der Waals surface area contributed by atoms with Crippen molar-refractivity contribution in [2.75, 3.05) is 5.32 Å². The van der Waals surface area contributed by atoms with E-state index in [9.17, 15) is 18.0 Å². The normalized spacial score (nSPS) is 11.6. The number of anilines is 1. The number of hydrogen-bond acceptors (Lipinski definition) is 6. The number of thiazole rings is 1. The summed E-state index contributed by atoms with van der Waals surface area (Å²) in [7, 11) is 0. The highest BCUT2D eigenvalue weighted by Crippen LogP contribution is 2.32. The maximum atomic E-state index is 12.6. The Kier molecular flexibility index (Phi) is 3.45. The molecule has 6 nitrogen and oxygen atoms in total. The zero-order valence-corrected chi connectivity index (χ0v) is 11.4. The monoisotopic (exact) mass is 325 g/mol. The molecule has 0 spiro atoms. The highest BCUT2D eigenvalue weighted by molar-refractivity contribution is 7.22. The van der Waals surface area contributed by atoms with E-state index in [4.69, 9.17) is 0 Å². The van der Waals surface area contributed by atoms with Crippen molar-refractivity contribution in [3.05, 3.63) is 42.2 Å². The van der Waals surface area contributed by atoms with Crippen LogP contribution in [0.4, 0.5) is 18.3 Å². The van der Waals surface area contributed by atoms with Crippen LogP contribution in [0.1, 0.15) is 16.1 Å². The second-order valence-electron chi connectivity index (χ2n) is 4.14. The van der Waals surface area contributed by atoms with Gasteiger partial charge in [-0.05, 0) is 6.07 Å². The van der Waals surface area contributed by atoms with Crippen molar-refractivity contribution < 1.29 is 18.0 Å². The summed E-state index contributed by atoms with van der Waals surface area (Å²) in [5, 5.41) is 2.66. The van der Waals surface area contributed by atoms with Gasteiger partial charge in [-0.3, -0.25) is 10.1 Å². The van der Waals surface area contributed by atoms with E-state index in [1.165, 1.54) is 18.7 Å². The van der Waals surface area contributed by atoms with Crippen LogP contribution in [0.25, 0.3) is 10.2 Å². The third-order valence-electron chi connectivity index (χ3n) is 2.61. The van der Waals surface area contributed by atoms with Gasteiger partial charge in [0.1, 0.15) is 17.5 Å². The molecule has 0 aliphatic carbocycles. The summed E-state index contributed by atoms with van der Waals surface area (Å²) in [4.78, 5) is 26.6. The minimum atomic E-state index is -4.52. The molecule has 0 aliphatic rings. The molecule has 3 rings (SSSR count). The number of pyridine rings is 1. The summed E-state index contributed by atoms with van der Waals surface area (Å²) in [6.45, 7) is 0. The van der Waals surface area contributed by atoms with Crippen LogP contribution in [0.15, 0.2) is 31.0 Å². The lowest BCUT2D eigenvalue weighted by molar-refractivity contribution is -0.141. The van der Waals surface area contributed by atoms with Gasteiger partial charge in [-0.2, -0.15) is 13.2 Å². The van der Waals surface area contributed by atoms with E-state index in [1.807, 2.05) is 0 Å². The van der Waals surface area contributed by atoms with Crippen molar-refractivity contribution in [1.29, 1.82) is 0 Å². The number of fused-ring (bicyclic) bond motifs is 1. The molecule has 3 aromatic rings. The second-order valence-corrected chi connectivity index (χ2v) is 5.17. The highest BCUT2D eigenvalue weighted by atomic mass is 32.1. The lowest BCUT2D eigenvalue weighted by Crippen LogP contribution is -2.12. The van der Waals surface area contributed by atoms with Gasteiger partial charge in [0.15, 0.2) is 5.13 Å². The van der Waals surface area contributed by atoms with Crippen molar-refractivity contribution in [3.8, 4) is 0 Å². The van der Waals surface area contributed by atoms with Crippen molar-refractivity contribution >= 4 is 32.6 Å². The molecule has 10 heteroatoms. The Bertz CT molecular complexity index is 834. The molecule has 0 saturated carbocycles. The Morgan fingerprint density at radius 1 is 1.18 bits per heavy atom. The van der Waals surface area contributed by atoms with Gasteiger partial charge in [0.25, 0.3) is 5.91 Å². The minimum absolute atomic E-state index is 0.171. The third-order valence-corrected chi connectivity index (χ3v) is 3.54. The molecule has 0 unspecified atom stereocenters. The maximum Gasteiger partial charge on any atom is 0.433 e. The van der Waals surface area contributed by atoms with Gasteiger partial charge in [-0.1, -0.05) is 11.3 Å². The molecule has 0 atom stereocenters. The largest absolute Gasteiger partial charge is 0.433 e. The van der Waals surface area contributed by atoms with E-state index in [1.54, 1.807) is 0 Å². The van der Waals surface area contributed by atoms with Crippen LogP contribution in [-0.4, -0.2) is 25.8 Å². The zero-order chi connectivity index (χ0) is 15.7. The van der Waals surface area contributed by atoms with Crippen LogP contribution in [0.3, 0.4) is 0 Å². The molecule has 1 N–H and O–H groups in total. The SMILES string of the molecule is O=C(Nc1nc2cnc(C(F)(F)F)cc2s1)c1cncnc1. The van der Waals surface area contributed by atoms with Gasteiger partial charge in [0.05, 0.1) is 16.5 Å². The van der Waals surface area contributed by atoms with E-state index < -0.39 is 17.8 Å². The van der Waals surface area contributed by atoms with E-state index >= 15 is 0 Å². The molecule has 1 amide bonds. The van der Waals surface area contributed by atoms with Gasteiger partial charge < -0.3 is 0 Å². The zero-order valence-electron chi connectivity index (χ0n) is 10.6. The summed E-state index contributed by atoms with van der Waals surface area (Å²) in [5.41, 5.74) is -0.508. The van der Waals surface area contributed by atoms with E-state index in [2.05, 4.69) is 25.3 Å². The summed E-state index contributed by atoms with van der Waals surface area (Å²) in [5.74, 6) is -0.497. The Hall–Kier alpha value is -2.62. The second kappa shape index (κ2) is 5.30. The number of halogens is 3. The number of nitrogens with one attached hydrogen (secondary N) is 1. The fourth-order valence-electron chi connectivity index (χ4n) is 1.63. The topological polar surface area (TPSA) is 80.7 Å². The number of hydrogen-bond donors (Lipinski definition) is 1. The molecule has 3 aromatic heterocycles.